The second-order valence-corrected chi connectivity index (χ2v) is 4.84. The normalized spacial score (nSPS) is 10.7. The summed E-state index contributed by atoms with van der Waals surface area (Å²) in [5, 5.41) is 4.91. The number of hydrogen-bond donors (Lipinski definition) is 0. The minimum atomic E-state index is 0.0837. The molecule has 0 fully saturated rings. The van der Waals surface area contributed by atoms with Gasteiger partial charge in [-0.25, -0.2) is 0 Å². The van der Waals surface area contributed by atoms with Gasteiger partial charge in [-0.1, -0.05) is 23.7 Å². The Morgan fingerprint density at radius 2 is 2.11 bits per heavy atom. The summed E-state index contributed by atoms with van der Waals surface area (Å²) in [6.07, 6.45) is 0.355. The van der Waals surface area contributed by atoms with Crippen molar-refractivity contribution in [3.63, 3.8) is 0 Å². The van der Waals surface area contributed by atoms with Crippen LogP contribution in [0.15, 0.2) is 24.3 Å². The van der Waals surface area contributed by atoms with Gasteiger partial charge < -0.3 is 0 Å². The van der Waals surface area contributed by atoms with Crippen LogP contribution in [0, 0.1) is 13.8 Å². The van der Waals surface area contributed by atoms with E-state index >= 15 is 0 Å². The highest BCUT2D eigenvalue weighted by molar-refractivity contribution is 6.30. The van der Waals surface area contributed by atoms with Crippen molar-refractivity contribution in [1.29, 1.82) is 0 Å². The highest BCUT2D eigenvalue weighted by Gasteiger charge is 2.17. The number of rotatable bonds is 3. The number of Topliss-reactive ketones (excluding diaryl/α,β-unsaturated/α-hetero) is 1. The van der Waals surface area contributed by atoms with E-state index in [4.69, 9.17) is 11.6 Å². The molecule has 94 valence electrons. The van der Waals surface area contributed by atoms with Gasteiger partial charge in [0, 0.05) is 24.2 Å². The highest BCUT2D eigenvalue weighted by atomic mass is 35.5. The predicted molar refractivity (Wildman–Crippen MR) is 72.2 cm³/mol. The van der Waals surface area contributed by atoms with Crippen molar-refractivity contribution in [3.05, 3.63) is 51.8 Å². The summed E-state index contributed by atoms with van der Waals surface area (Å²) < 4.78 is 1.74. The van der Waals surface area contributed by atoms with Crippen LogP contribution in [0.4, 0.5) is 0 Å². The van der Waals surface area contributed by atoms with Crippen LogP contribution in [0.3, 0.4) is 0 Å². The molecule has 1 aromatic carbocycles. The van der Waals surface area contributed by atoms with Gasteiger partial charge in [-0.3, -0.25) is 9.48 Å². The van der Waals surface area contributed by atoms with Gasteiger partial charge in [-0.05, 0) is 31.5 Å². The first-order valence-electron chi connectivity index (χ1n) is 5.77. The zero-order chi connectivity index (χ0) is 13.3. The Kier molecular flexibility index (Phi) is 3.53. The topological polar surface area (TPSA) is 34.9 Å². The van der Waals surface area contributed by atoms with E-state index in [0.29, 0.717) is 11.4 Å². The lowest BCUT2D eigenvalue weighted by atomic mass is 10.0. The summed E-state index contributed by atoms with van der Waals surface area (Å²) in [7, 11) is 1.85. The molecule has 0 aliphatic rings. The van der Waals surface area contributed by atoms with Crippen LogP contribution >= 0.6 is 11.6 Å². The third-order valence-electron chi connectivity index (χ3n) is 3.04. The molecule has 0 radical (unpaired) electrons. The molecule has 0 aliphatic heterocycles. The van der Waals surface area contributed by atoms with Gasteiger partial charge in [0.05, 0.1) is 11.3 Å². The second-order valence-electron chi connectivity index (χ2n) is 4.40. The molecule has 3 nitrogen and oxygen atoms in total. The molecule has 2 rings (SSSR count). The molecule has 1 aromatic heterocycles. The quantitative estimate of drug-likeness (QED) is 0.797. The van der Waals surface area contributed by atoms with Crippen LogP contribution in [0.25, 0.3) is 0 Å². The Balaban J connectivity index is 2.27. The van der Waals surface area contributed by atoms with E-state index in [2.05, 4.69) is 5.10 Å². The average molecular weight is 263 g/mol. The lowest BCUT2D eigenvalue weighted by Crippen LogP contribution is -2.06. The molecule has 0 unspecified atom stereocenters. The monoisotopic (exact) mass is 262 g/mol. The molecule has 4 heteroatoms. The first-order valence-corrected chi connectivity index (χ1v) is 6.14. The Bertz CT molecular complexity index is 602. The molecule has 0 bridgehead atoms. The Morgan fingerprint density at radius 3 is 2.67 bits per heavy atom. The third kappa shape index (κ3) is 2.46. The first-order chi connectivity index (χ1) is 8.49. The Hall–Kier alpha value is -1.61. The zero-order valence-electron chi connectivity index (χ0n) is 10.7. The van der Waals surface area contributed by atoms with Crippen molar-refractivity contribution < 1.29 is 4.79 Å². The fourth-order valence-electron chi connectivity index (χ4n) is 2.10. The van der Waals surface area contributed by atoms with Crippen LogP contribution in [-0.4, -0.2) is 15.6 Å². The zero-order valence-corrected chi connectivity index (χ0v) is 11.5. The van der Waals surface area contributed by atoms with Gasteiger partial charge in [-0.15, -0.1) is 0 Å². The number of halogens is 1. The summed E-state index contributed by atoms with van der Waals surface area (Å²) in [5.74, 6) is 0.0837. The largest absolute Gasteiger partial charge is 0.294 e. The number of nitrogens with zero attached hydrogens (tertiary/aromatic N) is 2. The van der Waals surface area contributed by atoms with E-state index in [0.717, 1.165) is 22.5 Å². The molecular formula is C14H15ClN2O. The SMILES string of the molecule is Cc1nn(C)c(C)c1C(=O)Cc1cccc(Cl)c1. The number of benzene rings is 1. The number of aromatic nitrogens is 2. The van der Waals surface area contributed by atoms with E-state index in [1.165, 1.54) is 0 Å². The summed E-state index contributed by atoms with van der Waals surface area (Å²) >= 11 is 5.91. The number of hydrogen-bond acceptors (Lipinski definition) is 2. The molecule has 0 spiro atoms. The lowest BCUT2D eigenvalue weighted by Gasteiger charge is -2.03. The lowest BCUT2D eigenvalue weighted by molar-refractivity contribution is 0.0991. The van der Waals surface area contributed by atoms with Crippen LogP contribution in [0.2, 0.25) is 5.02 Å². The minimum Gasteiger partial charge on any atom is -0.294 e. The fraction of sp³-hybridized carbons (Fsp3) is 0.286. The maximum Gasteiger partial charge on any atom is 0.170 e. The van der Waals surface area contributed by atoms with Crippen molar-refractivity contribution in [2.75, 3.05) is 0 Å². The molecule has 0 amide bonds. The molecular weight excluding hydrogens is 248 g/mol. The molecule has 2 aromatic rings. The standard InChI is InChI=1S/C14H15ClN2O/c1-9-14(10(2)17(3)16-9)13(18)8-11-5-4-6-12(15)7-11/h4-7H,8H2,1-3H3. The maximum absolute atomic E-state index is 12.3. The van der Waals surface area contributed by atoms with Crippen molar-refractivity contribution in [1.82, 2.24) is 9.78 Å². The van der Waals surface area contributed by atoms with Gasteiger partial charge in [0.1, 0.15) is 0 Å². The van der Waals surface area contributed by atoms with Gasteiger partial charge in [0.15, 0.2) is 5.78 Å². The third-order valence-corrected chi connectivity index (χ3v) is 3.28. The van der Waals surface area contributed by atoms with Crippen molar-refractivity contribution >= 4 is 17.4 Å². The molecule has 0 saturated heterocycles. The number of carbonyl (C=O) groups excluding carboxylic acids is 1. The summed E-state index contributed by atoms with van der Waals surface area (Å²) in [5.41, 5.74) is 3.33. The van der Waals surface area contributed by atoms with Crippen LogP contribution in [-0.2, 0) is 13.5 Å². The molecule has 18 heavy (non-hydrogen) atoms. The summed E-state index contributed by atoms with van der Waals surface area (Å²) in [6.45, 7) is 3.77. The second kappa shape index (κ2) is 4.94. The van der Waals surface area contributed by atoms with Gasteiger partial charge in [0.25, 0.3) is 0 Å². The van der Waals surface area contributed by atoms with E-state index in [1.54, 1.807) is 10.7 Å². The number of aryl methyl sites for hydroxylation is 2. The molecule has 1 heterocycles. The fourth-order valence-corrected chi connectivity index (χ4v) is 2.31. The molecule has 0 aliphatic carbocycles. The number of ketones is 1. The van der Waals surface area contributed by atoms with Gasteiger partial charge in [-0.2, -0.15) is 5.10 Å². The van der Waals surface area contributed by atoms with E-state index in [-0.39, 0.29) is 5.78 Å². The summed E-state index contributed by atoms with van der Waals surface area (Å²) in [6, 6.07) is 7.38. The van der Waals surface area contributed by atoms with Gasteiger partial charge >= 0.3 is 0 Å². The van der Waals surface area contributed by atoms with E-state index in [1.807, 2.05) is 39.1 Å². The van der Waals surface area contributed by atoms with E-state index in [9.17, 15) is 4.79 Å². The molecule has 0 N–H and O–H groups in total. The molecule has 0 saturated carbocycles. The van der Waals surface area contributed by atoms with Crippen LogP contribution in [0.1, 0.15) is 27.3 Å². The van der Waals surface area contributed by atoms with E-state index < -0.39 is 0 Å². The van der Waals surface area contributed by atoms with Crippen molar-refractivity contribution in [3.8, 4) is 0 Å². The smallest absolute Gasteiger partial charge is 0.170 e. The average Bonchev–Trinajstić information content (AvgIpc) is 2.53. The maximum atomic E-state index is 12.3. The minimum absolute atomic E-state index is 0.0837. The van der Waals surface area contributed by atoms with Crippen molar-refractivity contribution in [2.45, 2.75) is 20.3 Å². The van der Waals surface area contributed by atoms with Crippen molar-refractivity contribution in [2.24, 2.45) is 7.05 Å². The Labute approximate surface area is 111 Å². The Morgan fingerprint density at radius 1 is 1.39 bits per heavy atom. The van der Waals surface area contributed by atoms with Gasteiger partial charge in [0.2, 0.25) is 0 Å². The first kappa shape index (κ1) is 12.8. The van der Waals surface area contributed by atoms with Crippen LogP contribution in [0.5, 0.6) is 0 Å². The summed E-state index contributed by atoms with van der Waals surface area (Å²) in [4.78, 5) is 12.3. The predicted octanol–water partition coefficient (Wildman–Crippen LogP) is 3.12. The molecule has 0 atom stereocenters. The number of carbonyl (C=O) groups is 1. The van der Waals surface area contributed by atoms with Crippen LogP contribution < -0.4 is 0 Å². The highest BCUT2D eigenvalue weighted by Crippen LogP contribution is 2.17.